The topological polar surface area (TPSA) is 75.6 Å². The SMILES string of the molecule is O=C(O)[C@@H]1C[C@H](Oc2ccccc2)CN1c1ncc2c(n1)CCC2. The van der Waals surface area contributed by atoms with Crippen molar-refractivity contribution in [2.24, 2.45) is 0 Å². The fraction of sp³-hybridized carbons (Fsp3) is 0.389. The lowest BCUT2D eigenvalue weighted by molar-refractivity contribution is -0.138. The molecule has 1 aliphatic carbocycles. The van der Waals surface area contributed by atoms with Crippen molar-refractivity contribution >= 4 is 11.9 Å². The first-order valence-electron chi connectivity index (χ1n) is 8.26. The number of aliphatic carboxylic acids is 1. The molecule has 124 valence electrons. The van der Waals surface area contributed by atoms with E-state index in [2.05, 4.69) is 9.97 Å². The third kappa shape index (κ3) is 2.79. The Morgan fingerprint density at radius 2 is 2.08 bits per heavy atom. The molecule has 0 radical (unpaired) electrons. The van der Waals surface area contributed by atoms with Gasteiger partial charge in [0.1, 0.15) is 17.9 Å². The third-order valence-corrected chi connectivity index (χ3v) is 4.65. The predicted molar refractivity (Wildman–Crippen MR) is 88.3 cm³/mol. The van der Waals surface area contributed by atoms with Gasteiger partial charge in [0.15, 0.2) is 0 Å². The van der Waals surface area contributed by atoms with Gasteiger partial charge in [-0.05, 0) is 37.0 Å². The second kappa shape index (κ2) is 6.11. The van der Waals surface area contributed by atoms with Crippen molar-refractivity contribution in [3.8, 4) is 5.75 Å². The Kier molecular flexibility index (Phi) is 3.80. The maximum atomic E-state index is 11.7. The van der Waals surface area contributed by atoms with Gasteiger partial charge in [-0.3, -0.25) is 0 Å². The third-order valence-electron chi connectivity index (χ3n) is 4.65. The summed E-state index contributed by atoms with van der Waals surface area (Å²) in [6.07, 6.45) is 5.12. The minimum atomic E-state index is -0.863. The first kappa shape index (κ1) is 14.9. The van der Waals surface area contributed by atoms with Crippen LogP contribution < -0.4 is 9.64 Å². The van der Waals surface area contributed by atoms with Crippen LogP contribution in [0.1, 0.15) is 24.1 Å². The summed E-state index contributed by atoms with van der Waals surface area (Å²) in [7, 11) is 0. The molecule has 0 amide bonds. The summed E-state index contributed by atoms with van der Waals surface area (Å²) < 4.78 is 5.94. The molecule has 24 heavy (non-hydrogen) atoms. The fourth-order valence-electron chi connectivity index (χ4n) is 3.47. The number of aryl methyl sites for hydroxylation is 2. The molecule has 0 bridgehead atoms. The molecule has 2 atom stereocenters. The quantitative estimate of drug-likeness (QED) is 0.927. The van der Waals surface area contributed by atoms with Crippen molar-refractivity contribution in [1.29, 1.82) is 0 Å². The molecule has 2 aromatic rings. The lowest BCUT2D eigenvalue weighted by Gasteiger charge is -2.21. The number of anilines is 1. The molecule has 0 spiro atoms. The fourth-order valence-corrected chi connectivity index (χ4v) is 3.47. The molecule has 1 aromatic carbocycles. The second-order valence-corrected chi connectivity index (χ2v) is 6.29. The van der Waals surface area contributed by atoms with Crippen LogP contribution in [0.5, 0.6) is 5.75 Å². The molecule has 2 heterocycles. The summed E-state index contributed by atoms with van der Waals surface area (Å²) in [4.78, 5) is 22.4. The molecule has 1 aliphatic heterocycles. The normalized spacial score (nSPS) is 22.4. The number of hydrogen-bond acceptors (Lipinski definition) is 5. The number of para-hydroxylation sites is 1. The van der Waals surface area contributed by atoms with E-state index < -0.39 is 12.0 Å². The van der Waals surface area contributed by atoms with Crippen LogP contribution in [-0.2, 0) is 17.6 Å². The summed E-state index contributed by atoms with van der Waals surface area (Å²) in [5.41, 5.74) is 2.23. The van der Waals surface area contributed by atoms with Crippen LogP contribution >= 0.6 is 0 Å². The van der Waals surface area contributed by atoms with E-state index in [1.54, 1.807) is 4.90 Å². The average Bonchev–Trinajstić information content (AvgIpc) is 3.21. The van der Waals surface area contributed by atoms with Crippen LogP contribution in [0.3, 0.4) is 0 Å². The van der Waals surface area contributed by atoms with Crippen LogP contribution in [0.4, 0.5) is 5.95 Å². The van der Waals surface area contributed by atoms with Gasteiger partial charge in [-0.1, -0.05) is 18.2 Å². The van der Waals surface area contributed by atoms with Gasteiger partial charge in [0.05, 0.1) is 6.54 Å². The van der Waals surface area contributed by atoms with Gasteiger partial charge in [0.25, 0.3) is 0 Å². The minimum absolute atomic E-state index is 0.189. The number of benzene rings is 1. The Hall–Kier alpha value is -2.63. The first-order valence-corrected chi connectivity index (χ1v) is 8.26. The lowest BCUT2D eigenvalue weighted by atomic mass is 10.2. The zero-order valence-electron chi connectivity index (χ0n) is 13.3. The Morgan fingerprint density at radius 3 is 2.88 bits per heavy atom. The molecule has 1 saturated heterocycles. The van der Waals surface area contributed by atoms with Crippen LogP contribution in [-0.4, -0.2) is 39.7 Å². The molecular formula is C18H19N3O3. The van der Waals surface area contributed by atoms with Crippen molar-refractivity contribution in [2.75, 3.05) is 11.4 Å². The van der Waals surface area contributed by atoms with E-state index in [1.807, 2.05) is 36.5 Å². The van der Waals surface area contributed by atoms with Crippen molar-refractivity contribution < 1.29 is 14.6 Å². The number of rotatable bonds is 4. The summed E-state index contributed by atoms with van der Waals surface area (Å²) in [5.74, 6) is 0.392. The van der Waals surface area contributed by atoms with Crippen LogP contribution in [0, 0.1) is 0 Å². The highest BCUT2D eigenvalue weighted by atomic mass is 16.5. The number of ether oxygens (including phenoxy) is 1. The lowest BCUT2D eigenvalue weighted by Crippen LogP contribution is -2.37. The summed E-state index contributed by atoms with van der Waals surface area (Å²) in [6, 6.07) is 8.83. The maximum Gasteiger partial charge on any atom is 0.326 e. The van der Waals surface area contributed by atoms with Crippen LogP contribution in [0.2, 0.25) is 0 Å². The van der Waals surface area contributed by atoms with Gasteiger partial charge in [0, 0.05) is 18.3 Å². The highest BCUT2D eigenvalue weighted by molar-refractivity contribution is 5.78. The van der Waals surface area contributed by atoms with E-state index >= 15 is 0 Å². The maximum absolute atomic E-state index is 11.7. The minimum Gasteiger partial charge on any atom is -0.488 e. The van der Waals surface area contributed by atoms with Crippen molar-refractivity contribution in [3.05, 3.63) is 47.8 Å². The molecule has 6 heteroatoms. The number of carbonyl (C=O) groups is 1. The number of hydrogen-bond donors (Lipinski definition) is 1. The van der Waals surface area contributed by atoms with Crippen molar-refractivity contribution in [3.63, 3.8) is 0 Å². The summed E-state index contributed by atoms with van der Waals surface area (Å²) in [5, 5.41) is 9.57. The molecule has 1 aromatic heterocycles. The van der Waals surface area contributed by atoms with Crippen LogP contribution in [0.25, 0.3) is 0 Å². The molecule has 4 rings (SSSR count). The van der Waals surface area contributed by atoms with Crippen molar-refractivity contribution in [2.45, 2.75) is 37.8 Å². The number of fused-ring (bicyclic) bond motifs is 1. The molecule has 2 aliphatic rings. The van der Waals surface area contributed by atoms with E-state index in [4.69, 9.17) is 4.74 Å². The van der Waals surface area contributed by atoms with Gasteiger partial charge < -0.3 is 14.7 Å². The van der Waals surface area contributed by atoms with E-state index in [0.29, 0.717) is 18.9 Å². The zero-order chi connectivity index (χ0) is 16.5. The zero-order valence-corrected chi connectivity index (χ0v) is 13.3. The predicted octanol–water partition coefficient (Wildman–Crippen LogP) is 2.08. The highest BCUT2D eigenvalue weighted by Crippen LogP contribution is 2.28. The first-order chi connectivity index (χ1) is 11.7. The number of carboxylic acids is 1. The Bertz CT molecular complexity index is 750. The standard InChI is InChI=1S/C18H19N3O3/c22-17(23)16-9-14(24-13-6-2-1-3-7-13)11-21(16)18-19-10-12-5-4-8-15(12)20-18/h1-3,6-7,10,14,16H,4-5,8-9,11H2,(H,22,23)/t14-,16-/m0/s1. The van der Waals surface area contributed by atoms with Gasteiger partial charge in [-0.2, -0.15) is 0 Å². The van der Waals surface area contributed by atoms with Gasteiger partial charge in [-0.25, -0.2) is 14.8 Å². The van der Waals surface area contributed by atoms with E-state index in [-0.39, 0.29) is 6.10 Å². The molecular weight excluding hydrogens is 306 g/mol. The molecule has 0 saturated carbocycles. The number of carboxylic acid groups (broad SMARTS) is 1. The number of aromatic nitrogens is 2. The summed E-state index contributed by atoms with van der Waals surface area (Å²) >= 11 is 0. The molecule has 0 unspecified atom stereocenters. The summed E-state index contributed by atoms with van der Waals surface area (Å²) in [6.45, 7) is 0.477. The Morgan fingerprint density at radius 1 is 1.25 bits per heavy atom. The Balaban J connectivity index is 1.56. The Labute approximate surface area is 140 Å². The monoisotopic (exact) mass is 325 g/mol. The van der Waals surface area contributed by atoms with Gasteiger partial charge >= 0.3 is 5.97 Å². The second-order valence-electron chi connectivity index (χ2n) is 6.29. The molecule has 1 N–H and O–H groups in total. The van der Waals surface area contributed by atoms with E-state index in [1.165, 1.54) is 5.56 Å². The van der Waals surface area contributed by atoms with E-state index in [0.717, 1.165) is 30.7 Å². The van der Waals surface area contributed by atoms with Crippen molar-refractivity contribution in [1.82, 2.24) is 9.97 Å². The highest BCUT2D eigenvalue weighted by Gasteiger charge is 2.39. The molecule has 6 nitrogen and oxygen atoms in total. The van der Waals surface area contributed by atoms with Crippen LogP contribution in [0.15, 0.2) is 36.5 Å². The van der Waals surface area contributed by atoms with Gasteiger partial charge in [-0.15, -0.1) is 0 Å². The average molecular weight is 325 g/mol. The smallest absolute Gasteiger partial charge is 0.326 e. The largest absolute Gasteiger partial charge is 0.488 e. The number of nitrogens with zero attached hydrogens (tertiary/aromatic N) is 3. The van der Waals surface area contributed by atoms with Gasteiger partial charge in [0.2, 0.25) is 5.95 Å². The van der Waals surface area contributed by atoms with E-state index in [9.17, 15) is 9.90 Å². The molecule has 1 fully saturated rings.